The van der Waals surface area contributed by atoms with Gasteiger partial charge in [0.1, 0.15) is 0 Å². The summed E-state index contributed by atoms with van der Waals surface area (Å²) in [5, 5.41) is 0. The first-order valence-electron chi connectivity index (χ1n) is 4.92. The van der Waals surface area contributed by atoms with Crippen LogP contribution in [0.1, 0.15) is 32.1 Å². The lowest BCUT2D eigenvalue weighted by Crippen LogP contribution is -2.30. The van der Waals surface area contributed by atoms with Crippen LogP contribution in [0.5, 0.6) is 0 Å². The van der Waals surface area contributed by atoms with E-state index in [0.29, 0.717) is 11.5 Å². The number of hydrogen-bond acceptors (Lipinski definition) is 1. The maximum absolute atomic E-state index is 5.89. The summed E-state index contributed by atoms with van der Waals surface area (Å²) < 4.78 is 5.54. The second-order valence-electron chi connectivity index (χ2n) is 4.26. The van der Waals surface area contributed by atoms with Gasteiger partial charge in [0.05, 0.1) is 6.10 Å². The van der Waals surface area contributed by atoms with Crippen molar-refractivity contribution in [2.24, 2.45) is 11.3 Å². The van der Waals surface area contributed by atoms with Crippen molar-refractivity contribution in [2.45, 2.75) is 38.2 Å². The molecule has 12 heavy (non-hydrogen) atoms. The molecule has 0 aliphatic heterocycles. The summed E-state index contributed by atoms with van der Waals surface area (Å²) in [5.74, 6) is 1.59. The van der Waals surface area contributed by atoms with Crippen LogP contribution in [-0.2, 0) is 4.74 Å². The van der Waals surface area contributed by atoms with Gasteiger partial charge in [0.25, 0.3) is 0 Å². The lowest BCUT2D eigenvalue weighted by atomic mass is 9.82. The Kier molecular flexibility index (Phi) is 2.35. The smallest absolute Gasteiger partial charge is 0.0630 e. The third-order valence-corrected chi connectivity index (χ3v) is 4.12. The summed E-state index contributed by atoms with van der Waals surface area (Å²) in [6, 6.07) is 0. The zero-order valence-corrected chi connectivity index (χ0v) is 8.44. The van der Waals surface area contributed by atoms with Gasteiger partial charge < -0.3 is 4.74 Å². The summed E-state index contributed by atoms with van der Waals surface area (Å²) in [7, 11) is 1.85. The van der Waals surface area contributed by atoms with Crippen molar-refractivity contribution in [3.8, 4) is 0 Å². The van der Waals surface area contributed by atoms with Crippen molar-refractivity contribution in [3.63, 3.8) is 0 Å². The molecule has 0 bridgehead atoms. The van der Waals surface area contributed by atoms with Crippen LogP contribution in [0, 0.1) is 11.3 Å². The van der Waals surface area contributed by atoms with Crippen LogP contribution < -0.4 is 0 Å². The SMILES string of the molecule is COC1CCCCC12CC2CCl. The van der Waals surface area contributed by atoms with Crippen LogP contribution >= 0.6 is 11.6 Å². The summed E-state index contributed by atoms with van der Waals surface area (Å²) >= 11 is 5.89. The Balaban J connectivity index is 2.02. The van der Waals surface area contributed by atoms with Crippen molar-refractivity contribution in [3.05, 3.63) is 0 Å². The monoisotopic (exact) mass is 188 g/mol. The molecule has 3 atom stereocenters. The van der Waals surface area contributed by atoms with Crippen LogP contribution in [0.2, 0.25) is 0 Å². The van der Waals surface area contributed by atoms with E-state index in [4.69, 9.17) is 16.3 Å². The minimum Gasteiger partial charge on any atom is -0.381 e. The van der Waals surface area contributed by atoms with Crippen LogP contribution in [0.4, 0.5) is 0 Å². The van der Waals surface area contributed by atoms with E-state index in [-0.39, 0.29) is 0 Å². The van der Waals surface area contributed by atoms with E-state index >= 15 is 0 Å². The Hall–Kier alpha value is 0.250. The molecule has 2 rings (SSSR count). The standard InChI is InChI=1S/C10H17ClO/c1-12-9-4-2-3-5-10(9)6-8(10)7-11/h8-9H,2-7H2,1H3. The average Bonchev–Trinajstić information content (AvgIpc) is 2.81. The summed E-state index contributed by atoms with van der Waals surface area (Å²) in [5.41, 5.74) is 0.509. The molecular formula is C10H17ClO. The molecule has 0 aromatic heterocycles. The molecule has 2 heteroatoms. The highest BCUT2D eigenvalue weighted by Gasteiger charge is 2.58. The second kappa shape index (κ2) is 3.19. The van der Waals surface area contributed by atoms with Crippen LogP contribution in [-0.4, -0.2) is 19.1 Å². The average molecular weight is 189 g/mol. The van der Waals surface area contributed by atoms with Crippen molar-refractivity contribution in [1.82, 2.24) is 0 Å². The van der Waals surface area contributed by atoms with Gasteiger partial charge >= 0.3 is 0 Å². The van der Waals surface area contributed by atoms with Crippen LogP contribution in [0.15, 0.2) is 0 Å². The fourth-order valence-corrected chi connectivity index (χ4v) is 3.31. The molecule has 0 amide bonds. The fraction of sp³-hybridized carbons (Fsp3) is 1.00. The van der Waals surface area contributed by atoms with E-state index < -0.39 is 0 Å². The third-order valence-electron chi connectivity index (χ3n) is 3.75. The van der Waals surface area contributed by atoms with Gasteiger partial charge in [-0.05, 0) is 25.2 Å². The molecular weight excluding hydrogens is 172 g/mol. The molecule has 2 saturated carbocycles. The van der Waals surface area contributed by atoms with Gasteiger partial charge in [0.2, 0.25) is 0 Å². The highest BCUT2D eigenvalue weighted by Crippen LogP contribution is 2.62. The largest absolute Gasteiger partial charge is 0.381 e. The summed E-state index contributed by atoms with van der Waals surface area (Å²) in [6.07, 6.45) is 7.15. The van der Waals surface area contributed by atoms with E-state index in [9.17, 15) is 0 Å². The fourth-order valence-electron chi connectivity index (χ4n) is 2.89. The number of hydrogen-bond donors (Lipinski definition) is 0. The quantitative estimate of drug-likeness (QED) is 0.606. The number of methoxy groups -OCH3 is 1. The molecule has 0 aromatic rings. The first kappa shape index (κ1) is 8.83. The van der Waals surface area contributed by atoms with Gasteiger partial charge in [-0.25, -0.2) is 0 Å². The van der Waals surface area contributed by atoms with Crippen molar-refractivity contribution in [2.75, 3.05) is 13.0 Å². The lowest BCUT2D eigenvalue weighted by Gasteiger charge is -2.31. The van der Waals surface area contributed by atoms with Crippen LogP contribution in [0.25, 0.3) is 0 Å². The minimum atomic E-state index is 0.509. The first-order valence-corrected chi connectivity index (χ1v) is 5.45. The number of ether oxygens (including phenoxy) is 1. The van der Waals surface area contributed by atoms with Crippen molar-refractivity contribution < 1.29 is 4.74 Å². The van der Waals surface area contributed by atoms with Gasteiger partial charge in [-0.2, -0.15) is 0 Å². The van der Waals surface area contributed by atoms with E-state index in [1.807, 2.05) is 7.11 Å². The molecule has 0 radical (unpaired) electrons. The molecule has 70 valence electrons. The minimum absolute atomic E-state index is 0.509. The Labute approximate surface area is 79.4 Å². The molecule has 1 nitrogen and oxygen atoms in total. The van der Waals surface area contributed by atoms with Gasteiger partial charge in [-0.15, -0.1) is 11.6 Å². The Morgan fingerprint density at radius 1 is 1.50 bits per heavy atom. The van der Waals surface area contributed by atoms with E-state index in [0.717, 1.165) is 11.8 Å². The maximum atomic E-state index is 5.89. The molecule has 0 saturated heterocycles. The molecule has 0 N–H and O–H groups in total. The molecule has 0 heterocycles. The number of halogens is 1. The van der Waals surface area contributed by atoms with E-state index in [1.54, 1.807) is 0 Å². The maximum Gasteiger partial charge on any atom is 0.0630 e. The molecule has 1 spiro atoms. The zero-order chi connectivity index (χ0) is 8.60. The van der Waals surface area contributed by atoms with Crippen molar-refractivity contribution in [1.29, 1.82) is 0 Å². The van der Waals surface area contributed by atoms with Crippen molar-refractivity contribution >= 4 is 11.6 Å². The lowest BCUT2D eigenvalue weighted by molar-refractivity contribution is 0.00446. The van der Waals surface area contributed by atoms with E-state index in [1.165, 1.54) is 32.1 Å². The molecule has 2 aliphatic rings. The van der Waals surface area contributed by atoms with Gasteiger partial charge in [-0.3, -0.25) is 0 Å². The highest BCUT2D eigenvalue weighted by molar-refractivity contribution is 6.18. The van der Waals surface area contributed by atoms with Gasteiger partial charge in [0, 0.05) is 18.4 Å². The highest BCUT2D eigenvalue weighted by atomic mass is 35.5. The van der Waals surface area contributed by atoms with E-state index in [2.05, 4.69) is 0 Å². The predicted octanol–water partition coefficient (Wildman–Crippen LogP) is 2.82. The molecule has 2 fully saturated rings. The molecule has 2 aliphatic carbocycles. The summed E-state index contributed by atoms with van der Waals surface area (Å²) in [6.45, 7) is 0. The zero-order valence-electron chi connectivity index (χ0n) is 7.68. The predicted molar refractivity (Wildman–Crippen MR) is 50.5 cm³/mol. The number of alkyl halides is 1. The third kappa shape index (κ3) is 1.18. The summed E-state index contributed by atoms with van der Waals surface area (Å²) in [4.78, 5) is 0. The van der Waals surface area contributed by atoms with Gasteiger partial charge in [-0.1, -0.05) is 12.8 Å². The Bertz CT molecular complexity index is 171. The Morgan fingerprint density at radius 2 is 2.33 bits per heavy atom. The molecule has 0 aromatic carbocycles. The topological polar surface area (TPSA) is 9.23 Å². The molecule has 3 unspecified atom stereocenters. The van der Waals surface area contributed by atoms with Gasteiger partial charge in [0.15, 0.2) is 0 Å². The van der Waals surface area contributed by atoms with Crippen LogP contribution in [0.3, 0.4) is 0 Å². The Morgan fingerprint density at radius 3 is 2.92 bits per heavy atom. The number of rotatable bonds is 2. The second-order valence-corrected chi connectivity index (χ2v) is 4.57. The normalized spacial score (nSPS) is 46.5. The first-order chi connectivity index (χ1) is 5.83.